The molecule has 0 amide bonds. The van der Waals surface area contributed by atoms with Crippen LogP contribution < -0.4 is 5.73 Å². The molecule has 1 unspecified atom stereocenters. The lowest BCUT2D eigenvalue weighted by Gasteiger charge is -2.11. The highest BCUT2D eigenvalue weighted by Gasteiger charge is 2.15. The Hall–Kier alpha value is -0.970. The molecule has 1 nitrogen and oxygen atoms in total. The molecule has 1 heterocycles. The predicted molar refractivity (Wildman–Crippen MR) is 61.7 cm³/mol. The van der Waals surface area contributed by atoms with Gasteiger partial charge in [0.25, 0.3) is 0 Å². The number of rotatable bonds is 2. The number of halogens is 3. The van der Waals surface area contributed by atoms with Crippen LogP contribution in [0.3, 0.4) is 0 Å². The molecule has 5 heteroatoms. The smallest absolute Gasteiger partial charge is 0.159 e. The van der Waals surface area contributed by atoms with E-state index in [1.54, 1.807) is 11.4 Å². The van der Waals surface area contributed by atoms with Crippen LogP contribution in [0.5, 0.6) is 0 Å². The Morgan fingerprint density at radius 2 is 1.94 bits per heavy atom. The molecular weight excluding hydrogens is 252 g/mol. The summed E-state index contributed by atoms with van der Waals surface area (Å²) in [5.74, 6) is -1.78. The van der Waals surface area contributed by atoms with Crippen LogP contribution in [0.1, 0.15) is 16.5 Å². The fourth-order valence-electron chi connectivity index (χ4n) is 1.38. The van der Waals surface area contributed by atoms with E-state index in [0.29, 0.717) is 10.6 Å². The third-order valence-electron chi connectivity index (χ3n) is 2.23. The highest BCUT2D eigenvalue weighted by Crippen LogP contribution is 2.31. The van der Waals surface area contributed by atoms with E-state index in [-0.39, 0.29) is 0 Å². The summed E-state index contributed by atoms with van der Waals surface area (Å²) < 4.78 is 25.8. The SMILES string of the molecule is NC(c1ccc(F)c(F)c1)c1sccc1Cl. The molecule has 2 rings (SSSR count). The molecule has 0 aliphatic rings. The molecule has 0 aliphatic heterocycles. The first-order valence-corrected chi connectivity index (χ1v) is 5.79. The summed E-state index contributed by atoms with van der Waals surface area (Å²) >= 11 is 7.31. The Bertz CT molecular complexity index is 512. The standard InChI is InChI=1S/C11H8ClF2NS/c12-7-3-4-16-11(7)10(15)6-1-2-8(13)9(14)5-6/h1-5,10H,15H2. The quantitative estimate of drug-likeness (QED) is 0.874. The van der Waals surface area contributed by atoms with Crippen molar-refractivity contribution in [2.24, 2.45) is 5.73 Å². The van der Waals surface area contributed by atoms with Crippen molar-refractivity contribution in [3.05, 3.63) is 56.7 Å². The van der Waals surface area contributed by atoms with Crippen LogP contribution in [-0.2, 0) is 0 Å². The molecule has 0 bridgehead atoms. The van der Waals surface area contributed by atoms with Crippen molar-refractivity contribution in [2.75, 3.05) is 0 Å². The second kappa shape index (κ2) is 4.49. The molecule has 0 saturated heterocycles. The molecule has 84 valence electrons. The fraction of sp³-hybridized carbons (Fsp3) is 0.0909. The van der Waals surface area contributed by atoms with Gasteiger partial charge in [0.1, 0.15) is 0 Å². The van der Waals surface area contributed by atoms with Crippen molar-refractivity contribution < 1.29 is 8.78 Å². The van der Waals surface area contributed by atoms with E-state index in [1.165, 1.54) is 17.4 Å². The van der Waals surface area contributed by atoms with Gasteiger partial charge in [0.2, 0.25) is 0 Å². The van der Waals surface area contributed by atoms with Crippen LogP contribution in [0.4, 0.5) is 8.78 Å². The van der Waals surface area contributed by atoms with E-state index < -0.39 is 17.7 Å². The normalized spacial score (nSPS) is 12.8. The third kappa shape index (κ3) is 2.09. The van der Waals surface area contributed by atoms with Gasteiger partial charge >= 0.3 is 0 Å². The second-order valence-electron chi connectivity index (χ2n) is 3.28. The van der Waals surface area contributed by atoms with Crippen LogP contribution in [0.2, 0.25) is 5.02 Å². The molecule has 0 fully saturated rings. The minimum Gasteiger partial charge on any atom is -0.320 e. The van der Waals surface area contributed by atoms with Gasteiger partial charge in [-0.1, -0.05) is 17.7 Å². The number of nitrogens with two attached hydrogens (primary N) is 1. The lowest BCUT2D eigenvalue weighted by Crippen LogP contribution is -2.11. The topological polar surface area (TPSA) is 26.0 Å². The van der Waals surface area contributed by atoms with Crippen LogP contribution in [0, 0.1) is 11.6 Å². The molecule has 1 atom stereocenters. The monoisotopic (exact) mass is 259 g/mol. The number of benzene rings is 1. The summed E-state index contributed by atoms with van der Waals surface area (Å²) in [6, 6.07) is 4.81. The molecule has 0 radical (unpaired) electrons. The van der Waals surface area contributed by atoms with Crippen molar-refractivity contribution >= 4 is 22.9 Å². The van der Waals surface area contributed by atoms with Gasteiger partial charge in [-0.25, -0.2) is 8.78 Å². The zero-order valence-corrected chi connectivity index (χ0v) is 9.66. The maximum atomic E-state index is 13.0. The minimum atomic E-state index is -0.902. The summed E-state index contributed by atoms with van der Waals surface area (Å²) in [6.07, 6.45) is 0. The van der Waals surface area contributed by atoms with E-state index in [1.807, 2.05) is 0 Å². The van der Waals surface area contributed by atoms with Gasteiger partial charge in [-0.05, 0) is 29.1 Å². The van der Waals surface area contributed by atoms with Gasteiger partial charge in [0.15, 0.2) is 11.6 Å². The minimum absolute atomic E-state index is 0.503. The van der Waals surface area contributed by atoms with Gasteiger partial charge in [0, 0.05) is 4.88 Å². The van der Waals surface area contributed by atoms with E-state index in [9.17, 15) is 8.78 Å². The van der Waals surface area contributed by atoms with Crippen molar-refractivity contribution in [2.45, 2.75) is 6.04 Å². The number of thiophene rings is 1. The lowest BCUT2D eigenvalue weighted by molar-refractivity contribution is 0.506. The molecule has 16 heavy (non-hydrogen) atoms. The average Bonchev–Trinajstić information content (AvgIpc) is 2.67. The molecule has 0 saturated carbocycles. The molecule has 0 aliphatic carbocycles. The summed E-state index contributed by atoms with van der Waals surface area (Å²) in [4.78, 5) is 0.743. The van der Waals surface area contributed by atoms with Gasteiger partial charge in [0.05, 0.1) is 11.1 Å². The Morgan fingerprint density at radius 3 is 2.50 bits per heavy atom. The van der Waals surface area contributed by atoms with Crippen molar-refractivity contribution in [3.63, 3.8) is 0 Å². The molecule has 1 aromatic heterocycles. The van der Waals surface area contributed by atoms with E-state index in [0.717, 1.165) is 17.0 Å². The Kier molecular flexibility index (Phi) is 3.23. The van der Waals surface area contributed by atoms with Crippen LogP contribution in [-0.4, -0.2) is 0 Å². The first-order chi connectivity index (χ1) is 7.59. The third-order valence-corrected chi connectivity index (χ3v) is 3.67. The first-order valence-electron chi connectivity index (χ1n) is 4.53. The zero-order valence-electron chi connectivity index (χ0n) is 8.08. The lowest BCUT2D eigenvalue weighted by atomic mass is 10.1. The van der Waals surface area contributed by atoms with Gasteiger partial charge in [-0.2, -0.15) is 0 Å². The van der Waals surface area contributed by atoms with E-state index in [4.69, 9.17) is 17.3 Å². The molecular formula is C11H8ClF2NS. The Balaban J connectivity index is 2.38. The van der Waals surface area contributed by atoms with Crippen molar-refractivity contribution in [1.82, 2.24) is 0 Å². The first kappa shape index (κ1) is 11.5. The van der Waals surface area contributed by atoms with Crippen molar-refractivity contribution in [3.8, 4) is 0 Å². The molecule has 2 aromatic rings. The highest BCUT2D eigenvalue weighted by atomic mass is 35.5. The average molecular weight is 260 g/mol. The Morgan fingerprint density at radius 1 is 1.19 bits per heavy atom. The van der Waals surface area contributed by atoms with E-state index in [2.05, 4.69) is 0 Å². The zero-order chi connectivity index (χ0) is 11.7. The molecule has 2 N–H and O–H groups in total. The van der Waals surface area contributed by atoms with Gasteiger partial charge in [-0.3, -0.25) is 0 Å². The van der Waals surface area contributed by atoms with Gasteiger partial charge in [-0.15, -0.1) is 11.3 Å². The molecule has 0 spiro atoms. The predicted octanol–water partition coefficient (Wildman–Crippen LogP) is 3.73. The van der Waals surface area contributed by atoms with Crippen LogP contribution in [0.25, 0.3) is 0 Å². The summed E-state index contributed by atoms with van der Waals surface area (Å²) in [6.45, 7) is 0. The van der Waals surface area contributed by atoms with Gasteiger partial charge < -0.3 is 5.73 Å². The summed E-state index contributed by atoms with van der Waals surface area (Å²) in [7, 11) is 0. The molecule has 1 aromatic carbocycles. The van der Waals surface area contributed by atoms with Crippen LogP contribution in [0.15, 0.2) is 29.6 Å². The maximum absolute atomic E-state index is 13.0. The summed E-state index contributed by atoms with van der Waals surface area (Å²) in [5, 5.41) is 2.35. The summed E-state index contributed by atoms with van der Waals surface area (Å²) in [5.41, 5.74) is 6.42. The second-order valence-corrected chi connectivity index (χ2v) is 4.64. The maximum Gasteiger partial charge on any atom is 0.159 e. The highest BCUT2D eigenvalue weighted by molar-refractivity contribution is 7.10. The Labute approximate surface area is 100 Å². The van der Waals surface area contributed by atoms with E-state index >= 15 is 0 Å². The fourth-order valence-corrected chi connectivity index (χ4v) is 2.59. The van der Waals surface area contributed by atoms with Crippen LogP contribution >= 0.6 is 22.9 Å². The largest absolute Gasteiger partial charge is 0.320 e. The number of hydrogen-bond donors (Lipinski definition) is 1. The van der Waals surface area contributed by atoms with Crippen molar-refractivity contribution in [1.29, 1.82) is 0 Å². The number of hydrogen-bond acceptors (Lipinski definition) is 2.